The Morgan fingerprint density at radius 2 is 2.20 bits per heavy atom. The molecular formula is C13H19N3O3S. The van der Waals surface area contributed by atoms with Gasteiger partial charge in [0.05, 0.1) is 5.69 Å². The van der Waals surface area contributed by atoms with E-state index in [9.17, 15) is 9.59 Å². The van der Waals surface area contributed by atoms with Crippen LogP contribution in [0.5, 0.6) is 0 Å². The van der Waals surface area contributed by atoms with Gasteiger partial charge in [0.1, 0.15) is 5.69 Å². The second-order valence-corrected chi connectivity index (χ2v) is 6.03. The van der Waals surface area contributed by atoms with Gasteiger partial charge in [-0.1, -0.05) is 6.42 Å². The first-order valence-corrected chi connectivity index (χ1v) is 7.83. The number of aromatic carboxylic acids is 1. The molecule has 20 heavy (non-hydrogen) atoms. The number of nitrogens with one attached hydrogen (secondary N) is 3. The van der Waals surface area contributed by atoms with E-state index in [4.69, 9.17) is 5.11 Å². The molecular weight excluding hydrogens is 278 g/mol. The van der Waals surface area contributed by atoms with Gasteiger partial charge >= 0.3 is 12.0 Å². The van der Waals surface area contributed by atoms with E-state index >= 15 is 0 Å². The molecule has 1 heterocycles. The Hall–Kier alpha value is -1.63. The van der Waals surface area contributed by atoms with Gasteiger partial charge in [-0.3, -0.25) is 0 Å². The number of carbonyl (C=O) groups is 2. The molecule has 1 aliphatic rings. The Bertz CT molecular complexity index is 515. The Morgan fingerprint density at radius 1 is 1.45 bits per heavy atom. The molecule has 6 nitrogen and oxygen atoms in total. The van der Waals surface area contributed by atoms with Crippen molar-refractivity contribution in [3.8, 4) is 0 Å². The number of aryl methyl sites for hydroxylation is 1. The van der Waals surface area contributed by atoms with Crippen LogP contribution in [-0.2, 0) is 0 Å². The topological polar surface area (TPSA) is 94.2 Å². The summed E-state index contributed by atoms with van der Waals surface area (Å²) in [5.74, 6) is -1.09. The Morgan fingerprint density at radius 3 is 2.85 bits per heavy atom. The third-order valence-corrected chi connectivity index (χ3v) is 4.66. The number of urea groups is 1. The summed E-state index contributed by atoms with van der Waals surface area (Å²) in [5.41, 5.74) is 0.997. The molecule has 1 aromatic heterocycles. The normalized spacial score (nSPS) is 21.7. The highest BCUT2D eigenvalue weighted by molar-refractivity contribution is 7.99. The van der Waals surface area contributed by atoms with E-state index in [0.29, 0.717) is 16.6 Å². The minimum Gasteiger partial charge on any atom is -0.477 e. The molecule has 4 N–H and O–H groups in total. The number of aromatic amines is 1. The van der Waals surface area contributed by atoms with E-state index in [1.165, 1.54) is 0 Å². The maximum absolute atomic E-state index is 12.0. The zero-order valence-corrected chi connectivity index (χ0v) is 12.3. The predicted molar refractivity (Wildman–Crippen MR) is 79.6 cm³/mol. The van der Waals surface area contributed by atoms with Crippen LogP contribution >= 0.6 is 11.8 Å². The lowest BCUT2D eigenvalue weighted by Gasteiger charge is -2.19. The molecule has 2 rings (SSSR count). The summed E-state index contributed by atoms with van der Waals surface area (Å²) < 4.78 is 0. The number of amides is 2. The molecule has 7 heteroatoms. The monoisotopic (exact) mass is 297 g/mol. The van der Waals surface area contributed by atoms with Crippen molar-refractivity contribution in [2.45, 2.75) is 37.5 Å². The minimum atomic E-state index is -1.09. The smallest absolute Gasteiger partial charge is 0.354 e. The van der Waals surface area contributed by atoms with Crippen LogP contribution in [0.2, 0.25) is 0 Å². The van der Waals surface area contributed by atoms with E-state index in [1.807, 2.05) is 6.26 Å². The molecule has 2 atom stereocenters. The zero-order valence-electron chi connectivity index (χ0n) is 11.5. The largest absolute Gasteiger partial charge is 0.477 e. The standard InChI is InChI=1S/C13H19N3O3S/c1-7-6-9(11(14-7)12(17)18)16-13(19)15-8-4-3-5-10(8)20-2/h6,8,10,14H,3-5H2,1-2H3,(H,17,18)(H2,15,16,19). The van der Waals surface area contributed by atoms with Crippen LogP contribution in [0.25, 0.3) is 0 Å². The van der Waals surface area contributed by atoms with Crippen molar-refractivity contribution >= 4 is 29.4 Å². The van der Waals surface area contributed by atoms with Crippen molar-refractivity contribution in [2.75, 3.05) is 11.6 Å². The third kappa shape index (κ3) is 3.27. The van der Waals surface area contributed by atoms with Crippen molar-refractivity contribution in [3.63, 3.8) is 0 Å². The van der Waals surface area contributed by atoms with E-state index in [0.717, 1.165) is 19.3 Å². The fourth-order valence-corrected chi connectivity index (χ4v) is 3.49. The summed E-state index contributed by atoms with van der Waals surface area (Å²) in [4.78, 5) is 25.7. The number of aromatic nitrogens is 1. The number of carboxylic acid groups (broad SMARTS) is 1. The first kappa shape index (κ1) is 14.8. The molecule has 2 amide bonds. The second kappa shape index (κ2) is 6.21. The number of rotatable bonds is 4. The molecule has 1 fully saturated rings. The van der Waals surface area contributed by atoms with Crippen molar-refractivity contribution in [1.82, 2.24) is 10.3 Å². The Balaban J connectivity index is 1.99. The summed E-state index contributed by atoms with van der Waals surface area (Å²) >= 11 is 1.76. The first-order chi connectivity index (χ1) is 9.51. The number of hydrogen-bond donors (Lipinski definition) is 4. The molecule has 0 radical (unpaired) electrons. The average Bonchev–Trinajstić information content (AvgIpc) is 2.95. The predicted octanol–water partition coefficient (Wildman–Crippen LogP) is 2.43. The molecule has 1 saturated carbocycles. The first-order valence-electron chi connectivity index (χ1n) is 6.54. The van der Waals surface area contributed by atoms with Crippen LogP contribution in [0.4, 0.5) is 10.5 Å². The highest BCUT2D eigenvalue weighted by atomic mass is 32.2. The molecule has 2 unspecified atom stereocenters. The Kier molecular flexibility index (Phi) is 4.59. The van der Waals surface area contributed by atoms with E-state index in [2.05, 4.69) is 15.6 Å². The van der Waals surface area contributed by atoms with Gasteiger partial charge in [0, 0.05) is 17.0 Å². The summed E-state index contributed by atoms with van der Waals surface area (Å²) in [7, 11) is 0. The summed E-state index contributed by atoms with van der Waals surface area (Å²) in [6.45, 7) is 1.75. The number of anilines is 1. The van der Waals surface area contributed by atoms with E-state index in [-0.39, 0.29) is 17.8 Å². The molecule has 0 aromatic carbocycles. The van der Waals surface area contributed by atoms with Gasteiger partial charge in [0.25, 0.3) is 0 Å². The highest BCUT2D eigenvalue weighted by Crippen LogP contribution is 2.28. The number of thioether (sulfide) groups is 1. The van der Waals surface area contributed by atoms with Crippen molar-refractivity contribution in [2.24, 2.45) is 0 Å². The second-order valence-electron chi connectivity index (χ2n) is 4.96. The summed E-state index contributed by atoms with van der Waals surface area (Å²) in [6, 6.07) is 1.42. The molecule has 0 aliphatic heterocycles. The zero-order chi connectivity index (χ0) is 14.7. The maximum Gasteiger partial charge on any atom is 0.354 e. The van der Waals surface area contributed by atoms with E-state index < -0.39 is 5.97 Å². The van der Waals surface area contributed by atoms with Crippen LogP contribution in [0.15, 0.2) is 6.07 Å². The molecule has 1 aromatic rings. The number of carbonyl (C=O) groups excluding carboxylic acids is 1. The van der Waals surface area contributed by atoms with Crippen molar-refractivity contribution in [1.29, 1.82) is 0 Å². The van der Waals surface area contributed by atoms with E-state index in [1.54, 1.807) is 24.8 Å². The number of carboxylic acids is 1. The number of hydrogen-bond acceptors (Lipinski definition) is 3. The van der Waals surface area contributed by atoms with Crippen molar-refractivity contribution < 1.29 is 14.7 Å². The van der Waals surface area contributed by atoms with Gasteiger partial charge in [-0.05, 0) is 32.1 Å². The van der Waals surface area contributed by atoms with Gasteiger partial charge < -0.3 is 20.7 Å². The quantitative estimate of drug-likeness (QED) is 0.686. The SMILES string of the molecule is CSC1CCCC1NC(=O)Nc1cc(C)[nH]c1C(=O)O. The fraction of sp³-hybridized carbons (Fsp3) is 0.538. The van der Waals surface area contributed by atoms with Gasteiger partial charge in [0.2, 0.25) is 0 Å². The maximum atomic E-state index is 12.0. The van der Waals surface area contributed by atoms with Gasteiger partial charge in [-0.15, -0.1) is 0 Å². The molecule has 110 valence electrons. The molecule has 1 aliphatic carbocycles. The Labute approximate surface area is 121 Å². The summed E-state index contributed by atoms with van der Waals surface area (Å²) in [6.07, 6.45) is 5.23. The number of H-pyrrole nitrogens is 1. The highest BCUT2D eigenvalue weighted by Gasteiger charge is 2.28. The molecule has 0 saturated heterocycles. The summed E-state index contributed by atoms with van der Waals surface area (Å²) in [5, 5.41) is 15.0. The van der Waals surface area contributed by atoms with Gasteiger partial charge in [-0.25, -0.2) is 9.59 Å². The lowest BCUT2D eigenvalue weighted by Crippen LogP contribution is -2.41. The van der Waals surface area contributed by atoms with Crippen LogP contribution < -0.4 is 10.6 Å². The van der Waals surface area contributed by atoms with Gasteiger partial charge in [0.15, 0.2) is 0 Å². The van der Waals surface area contributed by atoms with Crippen molar-refractivity contribution in [3.05, 3.63) is 17.5 Å². The molecule has 0 bridgehead atoms. The van der Waals surface area contributed by atoms with Crippen LogP contribution in [0.3, 0.4) is 0 Å². The lowest BCUT2D eigenvalue weighted by atomic mass is 10.2. The molecule has 0 spiro atoms. The van der Waals surface area contributed by atoms with Crippen LogP contribution in [-0.4, -0.2) is 39.6 Å². The fourth-order valence-electron chi connectivity index (χ4n) is 2.56. The van der Waals surface area contributed by atoms with Crippen LogP contribution in [0.1, 0.15) is 35.4 Å². The van der Waals surface area contributed by atoms with Crippen LogP contribution in [0, 0.1) is 6.92 Å². The third-order valence-electron chi connectivity index (χ3n) is 3.49. The minimum absolute atomic E-state index is 0.00508. The average molecular weight is 297 g/mol. The van der Waals surface area contributed by atoms with Gasteiger partial charge in [-0.2, -0.15) is 11.8 Å². The lowest BCUT2D eigenvalue weighted by molar-refractivity contribution is 0.0692.